The number of nitrogens with one attached hydrogen (secondary N) is 2. The molecule has 1 heterocycles. The number of nitrogens with zero attached hydrogens (tertiary/aromatic N) is 2. The second kappa shape index (κ2) is 5.79. The van der Waals surface area contributed by atoms with Crippen molar-refractivity contribution in [1.82, 2.24) is 4.98 Å². The van der Waals surface area contributed by atoms with Gasteiger partial charge in [-0.25, -0.2) is 9.78 Å². The van der Waals surface area contributed by atoms with Crippen LogP contribution >= 0.6 is 0 Å². The summed E-state index contributed by atoms with van der Waals surface area (Å²) in [5, 5.41) is 15.7. The highest BCUT2D eigenvalue weighted by Gasteiger charge is 2.07. The van der Waals surface area contributed by atoms with Crippen molar-refractivity contribution in [2.24, 2.45) is 0 Å². The van der Waals surface area contributed by atoms with Crippen molar-refractivity contribution in [3.8, 4) is 0 Å². The number of hydrogen-bond acceptors (Lipinski definition) is 4. The largest absolute Gasteiger partial charge is 0.324 e. The van der Waals surface area contributed by atoms with Gasteiger partial charge in [-0.1, -0.05) is 6.07 Å². The lowest BCUT2D eigenvalue weighted by Crippen LogP contribution is -2.20. The number of carbonyl (C=O) groups is 1. The highest BCUT2D eigenvalue weighted by atomic mass is 16.6. The molecule has 0 aliphatic heterocycles. The maximum absolute atomic E-state index is 11.8. The van der Waals surface area contributed by atoms with Crippen molar-refractivity contribution in [3.05, 3.63) is 58.3 Å². The van der Waals surface area contributed by atoms with E-state index in [2.05, 4.69) is 15.6 Å². The van der Waals surface area contributed by atoms with Crippen LogP contribution in [0, 0.1) is 17.0 Å². The Balaban J connectivity index is 2.01. The maximum Gasteiger partial charge on any atom is 0.324 e. The first-order valence-corrected chi connectivity index (χ1v) is 5.80. The number of nitro benzene ring substituents is 1. The van der Waals surface area contributed by atoms with E-state index in [9.17, 15) is 14.9 Å². The Morgan fingerprint density at radius 3 is 2.50 bits per heavy atom. The highest BCUT2D eigenvalue weighted by Crippen LogP contribution is 2.16. The van der Waals surface area contributed by atoms with E-state index in [-0.39, 0.29) is 5.69 Å². The molecule has 20 heavy (non-hydrogen) atoms. The van der Waals surface area contributed by atoms with E-state index in [0.29, 0.717) is 11.5 Å². The third-order valence-corrected chi connectivity index (χ3v) is 2.58. The topological polar surface area (TPSA) is 97.2 Å². The number of anilines is 2. The van der Waals surface area contributed by atoms with E-state index < -0.39 is 11.0 Å². The molecule has 2 amide bonds. The second-order valence-corrected chi connectivity index (χ2v) is 4.05. The molecule has 0 spiro atoms. The van der Waals surface area contributed by atoms with E-state index in [0.717, 1.165) is 5.56 Å². The van der Waals surface area contributed by atoms with E-state index in [1.165, 1.54) is 24.3 Å². The highest BCUT2D eigenvalue weighted by molar-refractivity contribution is 5.99. The Morgan fingerprint density at radius 2 is 1.90 bits per heavy atom. The average Bonchev–Trinajstić information content (AvgIpc) is 2.42. The minimum atomic E-state index is -0.499. The van der Waals surface area contributed by atoms with Gasteiger partial charge in [0.05, 0.1) is 4.92 Å². The summed E-state index contributed by atoms with van der Waals surface area (Å²) in [5.74, 6) is 0.465. The standard InChI is InChI=1S/C13H12N4O3/c1-9-3-2-8-14-12(9)16-13(18)15-10-4-6-11(7-5-10)17(19)20/h2-8H,1H3,(H2,14,15,16,18). The zero-order valence-corrected chi connectivity index (χ0v) is 10.7. The summed E-state index contributed by atoms with van der Waals surface area (Å²) in [5.41, 5.74) is 1.27. The monoisotopic (exact) mass is 272 g/mol. The summed E-state index contributed by atoms with van der Waals surface area (Å²) in [6.45, 7) is 1.83. The van der Waals surface area contributed by atoms with Gasteiger partial charge >= 0.3 is 6.03 Å². The lowest BCUT2D eigenvalue weighted by molar-refractivity contribution is -0.384. The molecule has 0 unspecified atom stereocenters. The normalized spacial score (nSPS) is 9.85. The molecule has 0 saturated carbocycles. The van der Waals surface area contributed by atoms with Gasteiger partial charge in [-0.2, -0.15) is 0 Å². The molecular formula is C13H12N4O3. The summed E-state index contributed by atoms with van der Waals surface area (Å²) in [7, 11) is 0. The zero-order valence-electron chi connectivity index (χ0n) is 10.7. The second-order valence-electron chi connectivity index (χ2n) is 4.05. The number of aromatic nitrogens is 1. The molecule has 1 aromatic carbocycles. The van der Waals surface area contributed by atoms with Crippen LogP contribution in [-0.4, -0.2) is 15.9 Å². The van der Waals surface area contributed by atoms with Crippen LogP contribution in [0.15, 0.2) is 42.6 Å². The molecule has 2 aromatic rings. The summed E-state index contributed by atoms with van der Waals surface area (Å²) in [6.07, 6.45) is 1.58. The predicted molar refractivity (Wildman–Crippen MR) is 74.7 cm³/mol. The Kier molecular flexibility index (Phi) is 3.90. The molecule has 1 aromatic heterocycles. The average molecular weight is 272 g/mol. The summed E-state index contributed by atoms with van der Waals surface area (Å²) >= 11 is 0. The summed E-state index contributed by atoms with van der Waals surface area (Å²) in [6, 6.07) is 8.71. The number of non-ortho nitro benzene ring substituents is 1. The number of carbonyl (C=O) groups excluding carboxylic acids is 1. The number of aryl methyl sites for hydroxylation is 1. The molecular weight excluding hydrogens is 260 g/mol. The number of rotatable bonds is 3. The van der Waals surface area contributed by atoms with Gasteiger partial charge in [-0.05, 0) is 30.7 Å². The van der Waals surface area contributed by atoms with Gasteiger partial charge in [0.2, 0.25) is 0 Å². The van der Waals surface area contributed by atoms with Crippen LogP contribution in [0.25, 0.3) is 0 Å². The van der Waals surface area contributed by atoms with Crippen molar-refractivity contribution >= 4 is 23.2 Å². The zero-order chi connectivity index (χ0) is 14.5. The van der Waals surface area contributed by atoms with Gasteiger partial charge in [-0.15, -0.1) is 0 Å². The van der Waals surface area contributed by atoms with Crippen LogP contribution in [0.4, 0.5) is 22.0 Å². The smallest absolute Gasteiger partial charge is 0.308 e. The fourth-order valence-corrected chi connectivity index (χ4v) is 1.55. The minimum Gasteiger partial charge on any atom is -0.308 e. The molecule has 7 heteroatoms. The molecule has 0 atom stereocenters. The van der Waals surface area contributed by atoms with Crippen LogP contribution in [0.1, 0.15) is 5.56 Å². The lowest BCUT2D eigenvalue weighted by Gasteiger charge is -2.08. The van der Waals surface area contributed by atoms with Gasteiger partial charge < -0.3 is 5.32 Å². The maximum atomic E-state index is 11.8. The van der Waals surface area contributed by atoms with E-state index >= 15 is 0 Å². The fraction of sp³-hybridized carbons (Fsp3) is 0.0769. The molecule has 7 nitrogen and oxygen atoms in total. The molecule has 0 bridgehead atoms. The first-order valence-electron chi connectivity index (χ1n) is 5.80. The minimum absolute atomic E-state index is 0.0310. The third kappa shape index (κ3) is 3.29. The van der Waals surface area contributed by atoms with Crippen molar-refractivity contribution in [1.29, 1.82) is 0 Å². The number of hydrogen-bond donors (Lipinski definition) is 2. The van der Waals surface area contributed by atoms with E-state index in [1.54, 1.807) is 12.3 Å². The quantitative estimate of drug-likeness (QED) is 0.663. The van der Waals surface area contributed by atoms with Crippen molar-refractivity contribution in [2.45, 2.75) is 6.92 Å². The molecule has 2 N–H and O–H groups in total. The summed E-state index contributed by atoms with van der Waals surface area (Å²) < 4.78 is 0. The molecule has 0 saturated heterocycles. The number of benzene rings is 1. The van der Waals surface area contributed by atoms with Gasteiger partial charge in [-0.3, -0.25) is 15.4 Å². The molecule has 2 rings (SSSR count). The number of urea groups is 1. The molecule has 0 radical (unpaired) electrons. The first kappa shape index (κ1) is 13.5. The molecule has 0 aliphatic carbocycles. The predicted octanol–water partition coefficient (Wildman–Crippen LogP) is 2.94. The van der Waals surface area contributed by atoms with Crippen LogP contribution in [-0.2, 0) is 0 Å². The third-order valence-electron chi connectivity index (χ3n) is 2.58. The molecule has 0 fully saturated rings. The fourth-order valence-electron chi connectivity index (χ4n) is 1.55. The van der Waals surface area contributed by atoms with Crippen molar-refractivity contribution < 1.29 is 9.72 Å². The van der Waals surface area contributed by atoms with Gasteiger partial charge in [0.25, 0.3) is 5.69 Å². The lowest BCUT2D eigenvalue weighted by atomic mass is 10.3. The molecule has 102 valence electrons. The van der Waals surface area contributed by atoms with E-state index in [4.69, 9.17) is 0 Å². The Hall–Kier alpha value is -2.96. The molecule has 0 aliphatic rings. The SMILES string of the molecule is Cc1cccnc1NC(=O)Nc1ccc([N+](=O)[O-])cc1. The van der Waals surface area contributed by atoms with Gasteiger partial charge in [0.15, 0.2) is 0 Å². The number of amides is 2. The number of pyridine rings is 1. The number of nitro groups is 1. The van der Waals surface area contributed by atoms with Crippen LogP contribution < -0.4 is 10.6 Å². The van der Waals surface area contributed by atoms with Gasteiger partial charge in [0.1, 0.15) is 5.82 Å². The van der Waals surface area contributed by atoms with Crippen molar-refractivity contribution in [3.63, 3.8) is 0 Å². The van der Waals surface area contributed by atoms with Crippen LogP contribution in [0.3, 0.4) is 0 Å². The van der Waals surface area contributed by atoms with Crippen LogP contribution in [0.2, 0.25) is 0 Å². The summed E-state index contributed by atoms with van der Waals surface area (Å²) in [4.78, 5) is 25.8. The van der Waals surface area contributed by atoms with Crippen LogP contribution in [0.5, 0.6) is 0 Å². The Labute approximate surface area is 114 Å². The van der Waals surface area contributed by atoms with Gasteiger partial charge in [0, 0.05) is 24.0 Å². The Morgan fingerprint density at radius 1 is 1.20 bits per heavy atom. The Bertz CT molecular complexity index is 640. The first-order chi connectivity index (χ1) is 9.56. The van der Waals surface area contributed by atoms with E-state index in [1.807, 2.05) is 13.0 Å². The van der Waals surface area contributed by atoms with Crippen molar-refractivity contribution in [2.75, 3.05) is 10.6 Å².